The maximum atomic E-state index is 5.67. The molecule has 0 aromatic heterocycles. The van der Waals surface area contributed by atoms with Crippen LogP contribution in [0.25, 0.3) is 0 Å². The number of aliphatic imine (C=N–C) groups is 1. The molecular formula is C24H32ClNO2Pd. The van der Waals surface area contributed by atoms with Gasteiger partial charge < -0.3 is 14.5 Å². The van der Waals surface area contributed by atoms with Crippen LogP contribution >= 0.6 is 9.53 Å². The number of hydrogen-bond donors (Lipinski definition) is 0. The summed E-state index contributed by atoms with van der Waals surface area (Å²) in [6.07, 6.45) is 2.92. The van der Waals surface area contributed by atoms with E-state index in [1.54, 1.807) is 0 Å². The Kier molecular flexibility index (Phi) is 13.2. The van der Waals surface area contributed by atoms with E-state index in [4.69, 9.17) is 14.5 Å². The molecule has 3 nitrogen and oxygen atoms in total. The van der Waals surface area contributed by atoms with Crippen molar-refractivity contribution in [2.75, 3.05) is 19.8 Å². The van der Waals surface area contributed by atoms with Gasteiger partial charge in [-0.3, -0.25) is 0 Å². The quantitative estimate of drug-likeness (QED) is 0.150. The minimum absolute atomic E-state index is 0.436. The number of hydrogen-bond acceptors (Lipinski definition) is 3. The van der Waals surface area contributed by atoms with Gasteiger partial charge in [0.2, 0.25) is 0 Å². The summed E-state index contributed by atoms with van der Waals surface area (Å²) >= 11 is 2.22. The molecule has 0 aliphatic rings. The third-order valence-corrected chi connectivity index (χ3v) is 4.33. The third-order valence-electron chi connectivity index (χ3n) is 4.33. The second kappa shape index (κ2) is 14.7. The normalized spacial score (nSPS) is 11.1. The molecule has 2 aromatic carbocycles. The van der Waals surface area contributed by atoms with Crippen molar-refractivity contribution in [3.8, 4) is 5.75 Å². The number of rotatable bonds is 10. The fraction of sp³-hybridized carbons (Fsp3) is 0.458. The zero-order valence-electron chi connectivity index (χ0n) is 18.0. The van der Waals surface area contributed by atoms with Gasteiger partial charge in [-0.15, -0.1) is 29.8 Å². The second-order valence-electron chi connectivity index (χ2n) is 7.29. The van der Waals surface area contributed by atoms with Gasteiger partial charge in [-0.25, -0.2) is 0 Å². The van der Waals surface area contributed by atoms with Gasteiger partial charge in [0.15, 0.2) is 0 Å². The van der Waals surface area contributed by atoms with Gasteiger partial charge in [0, 0.05) is 12.4 Å². The second-order valence-corrected chi connectivity index (χ2v) is 7.29. The third kappa shape index (κ3) is 9.01. The predicted octanol–water partition coefficient (Wildman–Crippen LogP) is 6.98. The van der Waals surface area contributed by atoms with Crippen molar-refractivity contribution < 1.29 is 27.7 Å². The van der Waals surface area contributed by atoms with Gasteiger partial charge in [-0.1, -0.05) is 52.8 Å². The Bertz CT molecular complexity index is 704. The molecular weight excluding hydrogens is 476 g/mol. The number of benzene rings is 2. The summed E-state index contributed by atoms with van der Waals surface area (Å²) < 4.78 is 11.1. The summed E-state index contributed by atoms with van der Waals surface area (Å²) in [7, 11) is 4.49. The zero-order valence-corrected chi connectivity index (χ0v) is 20.3. The summed E-state index contributed by atoms with van der Waals surface area (Å²) in [5.41, 5.74) is 4.59. The molecule has 2 rings (SSSR count). The summed E-state index contributed by atoms with van der Waals surface area (Å²) in [6, 6.07) is 15.5. The molecule has 0 aliphatic heterocycles. The molecule has 5 heteroatoms. The molecule has 0 fully saturated rings. The van der Waals surface area contributed by atoms with Crippen molar-refractivity contribution in [3.63, 3.8) is 0 Å². The van der Waals surface area contributed by atoms with E-state index in [0.29, 0.717) is 25.0 Å². The van der Waals surface area contributed by atoms with Crippen LogP contribution in [0, 0.1) is 6.07 Å². The molecule has 0 aliphatic carbocycles. The zero-order chi connectivity index (χ0) is 21.6. The van der Waals surface area contributed by atoms with Crippen molar-refractivity contribution in [2.45, 2.75) is 52.9 Å². The van der Waals surface area contributed by atoms with Crippen molar-refractivity contribution in [1.29, 1.82) is 0 Å². The molecule has 0 atom stereocenters. The molecule has 0 N–H and O–H groups in total. The maximum absolute atomic E-state index is 5.67. The standard InChI is InChI=1S/C24H32NO2.ClH.Pd/c1-6-14-26-15-16-27-21-12-10-20(11-13-21)17-25-24-22(18(2)3)8-7-9-23(24)19(4)5;;/h7-10,12-13,17-19H,6,14-16H2,1-5H3;1H;/q-1;;+2/p-1. The number of para-hydroxylation sites is 1. The summed E-state index contributed by atoms with van der Waals surface area (Å²) in [4.78, 5) is 4.83. The summed E-state index contributed by atoms with van der Waals surface area (Å²) in [6.45, 7) is 12.9. The molecule has 2 aromatic rings. The van der Waals surface area contributed by atoms with E-state index in [1.807, 2.05) is 24.4 Å². The van der Waals surface area contributed by atoms with Gasteiger partial charge in [-0.05, 0) is 35.6 Å². The molecule has 0 saturated carbocycles. The SMILES string of the molecule is CCCOCCOc1c[c-]c(C=Nc2c(C(C)C)cccc2C(C)C)cc1.[Cl][Pd+]. The summed E-state index contributed by atoms with van der Waals surface area (Å²) in [5, 5.41) is 0. The van der Waals surface area contributed by atoms with Gasteiger partial charge in [-0.2, -0.15) is 0 Å². The van der Waals surface area contributed by atoms with Gasteiger partial charge in [0.05, 0.1) is 18.9 Å². The number of halogens is 1. The van der Waals surface area contributed by atoms with Crippen LogP contribution < -0.4 is 4.74 Å². The molecule has 0 bridgehead atoms. The average molecular weight is 508 g/mol. The van der Waals surface area contributed by atoms with Crippen LogP contribution in [-0.4, -0.2) is 26.0 Å². The molecule has 0 unspecified atom stereocenters. The monoisotopic (exact) mass is 507 g/mol. The first kappa shape index (κ1) is 25.9. The van der Waals surface area contributed by atoms with Crippen LogP contribution in [0.1, 0.15) is 69.6 Å². The first-order chi connectivity index (χ1) is 14.0. The van der Waals surface area contributed by atoms with Crippen LogP contribution in [0.3, 0.4) is 0 Å². The Morgan fingerprint density at radius 3 is 2.17 bits per heavy atom. The van der Waals surface area contributed by atoms with Gasteiger partial charge >= 0.3 is 27.7 Å². The Morgan fingerprint density at radius 1 is 1.00 bits per heavy atom. The average Bonchev–Trinajstić information content (AvgIpc) is 2.74. The van der Waals surface area contributed by atoms with Crippen molar-refractivity contribution in [1.82, 2.24) is 0 Å². The van der Waals surface area contributed by atoms with Crippen LogP contribution in [0.2, 0.25) is 0 Å². The van der Waals surface area contributed by atoms with E-state index >= 15 is 0 Å². The van der Waals surface area contributed by atoms with Crippen LogP contribution in [0.4, 0.5) is 5.69 Å². The van der Waals surface area contributed by atoms with Crippen LogP contribution in [-0.2, 0) is 22.9 Å². The Balaban J connectivity index is 0.00000204. The molecule has 0 amide bonds. The van der Waals surface area contributed by atoms with Crippen molar-refractivity contribution in [2.24, 2.45) is 4.99 Å². The van der Waals surface area contributed by atoms with E-state index < -0.39 is 0 Å². The van der Waals surface area contributed by atoms with Gasteiger partial charge in [0.25, 0.3) is 0 Å². The van der Waals surface area contributed by atoms with E-state index in [0.717, 1.165) is 30.0 Å². The first-order valence-electron chi connectivity index (χ1n) is 10.0. The van der Waals surface area contributed by atoms with Crippen molar-refractivity contribution in [3.05, 3.63) is 59.2 Å². The van der Waals surface area contributed by atoms with Crippen molar-refractivity contribution >= 4 is 21.4 Å². The molecule has 0 radical (unpaired) electrons. The van der Waals surface area contributed by atoms with E-state index in [2.05, 4.69) is 86.6 Å². The minimum atomic E-state index is 0.436. The molecule has 162 valence electrons. The number of ether oxygens (including phenoxy) is 2. The molecule has 0 saturated heterocycles. The van der Waals surface area contributed by atoms with E-state index in [9.17, 15) is 0 Å². The van der Waals surface area contributed by atoms with Crippen LogP contribution in [0.15, 0.2) is 41.4 Å². The molecule has 0 heterocycles. The Hall–Kier alpha value is -1.18. The molecule has 29 heavy (non-hydrogen) atoms. The number of nitrogens with zero attached hydrogens (tertiary/aromatic N) is 1. The predicted molar refractivity (Wildman–Crippen MR) is 120 cm³/mol. The van der Waals surface area contributed by atoms with Gasteiger partial charge in [0.1, 0.15) is 0 Å². The Morgan fingerprint density at radius 2 is 1.66 bits per heavy atom. The van der Waals surface area contributed by atoms with E-state index in [-0.39, 0.29) is 0 Å². The fourth-order valence-corrected chi connectivity index (χ4v) is 2.85. The summed E-state index contributed by atoms with van der Waals surface area (Å²) in [5.74, 6) is 1.67. The van der Waals surface area contributed by atoms with Crippen LogP contribution in [0.5, 0.6) is 5.75 Å². The Labute approximate surface area is 191 Å². The fourth-order valence-electron chi connectivity index (χ4n) is 2.85. The van der Waals surface area contributed by atoms with E-state index in [1.165, 1.54) is 11.1 Å². The first-order valence-corrected chi connectivity index (χ1v) is 12.0. The molecule has 0 spiro atoms. The topological polar surface area (TPSA) is 30.8 Å².